The molecule has 0 unspecified atom stereocenters. The molecular formula is C13H20FNO3. The molecule has 0 saturated carbocycles. The summed E-state index contributed by atoms with van der Waals surface area (Å²) in [4.78, 5) is 0. The van der Waals surface area contributed by atoms with E-state index in [1.54, 1.807) is 12.1 Å². The Hall–Kier alpha value is -1.17. The molecule has 0 aliphatic rings. The third kappa shape index (κ3) is 7.21. The van der Waals surface area contributed by atoms with Crippen molar-refractivity contribution in [1.82, 2.24) is 0 Å². The molecule has 0 fully saturated rings. The molecule has 0 amide bonds. The zero-order valence-corrected chi connectivity index (χ0v) is 10.4. The lowest BCUT2D eigenvalue weighted by atomic mass is 10.3. The van der Waals surface area contributed by atoms with Crippen LogP contribution < -0.4 is 10.5 Å². The highest BCUT2D eigenvalue weighted by molar-refractivity contribution is 5.22. The maximum absolute atomic E-state index is 12.8. The first-order valence-corrected chi connectivity index (χ1v) is 6.07. The highest BCUT2D eigenvalue weighted by Crippen LogP contribution is 2.11. The van der Waals surface area contributed by atoms with Gasteiger partial charge in [-0.15, -0.1) is 0 Å². The lowest BCUT2D eigenvalue weighted by molar-refractivity contribution is 0.0463. The van der Waals surface area contributed by atoms with E-state index in [9.17, 15) is 4.39 Å². The Labute approximate surface area is 107 Å². The molecule has 1 aromatic rings. The Morgan fingerprint density at radius 2 is 1.78 bits per heavy atom. The van der Waals surface area contributed by atoms with Crippen molar-refractivity contribution in [2.75, 3.05) is 39.6 Å². The molecule has 0 aromatic heterocycles. The second-order valence-corrected chi connectivity index (χ2v) is 3.67. The molecule has 0 radical (unpaired) electrons. The molecule has 0 saturated heterocycles. The molecule has 5 heteroatoms. The van der Waals surface area contributed by atoms with Gasteiger partial charge in [0.1, 0.15) is 11.6 Å². The van der Waals surface area contributed by atoms with Crippen LogP contribution in [0.15, 0.2) is 24.3 Å². The van der Waals surface area contributed by atoms with E-state index in [0.717, 1.165) is 6.42 Å². The highest BCUT2D eigenvalue weighted by atomic mass is 19.1. The smallest absolute Gasteiger partial charge is 0.126 e. The van der Waals surface area contributed by atoms with E-state index in [-0.39, 0.29) is 5.82 Å². The summed E-state index contributed by atoms with van der Waals surface area (Å²) in [5, 5.41) is 0. The van der Waals surface area contributed by atoms with Crippen LogP contribution in [0.2, 0.25) is 0 Å². The molecule has 0 aliphatic carbocycles. The van der Waals surface area contributed by atoms with Crippen LogP contribution in [0, 0.1) is 5.82 Å². The van der Waals surface area contributed by atoms with Crippen LogP contribution in [0.5, 0.6) is 5.75 Å². The van der Waals surface area contributed by atoms with Crippen molar-refractivity contribution < 1.29 is 18.6 Å². The first-order valence-electron chi connectivity index (χ1n) is 6.07. The number of halogens is 1. The zero-order chi connectivity index (χ0) is 13.1. The summed E-state index contributed by atoms with van der Waals surface area (Å²) >= 11 is 0. The molecule has 4 nitrogen and oxygen atoms in total. The topological polar surface area (TPSA) is 53.7 Å². The third-order valence-electron chi connectivity index (χ3n) is 2.13. The van der Waals surface area contributed by atoms with Crippen LogP contribution in [0.25, 0.3) is 0 Å². The van der Waals surface area contributed by atoms with E-state index < -0.39 is 0 Å². The monoisotopic (exact) mass is 257 g/mol. The summed E-state index contributed by atoms with van der Waals surface area (Å²) in [7, 11) is 0. The van der Waals surface area contributed by atoms with Gasteiger partial charge in [-0.2, -0.15) is 0 Å². The molecule has 0 aliphatic heterocycles. The van der Waals surface area contributed by atoms with E-state index in [1.165, 1.54) is 12.1 Å². The Morgan fingerprint density at radius 3 is 2.50 bits per heavy atom. The van der Waals surface area contributed by atoms with E-state index in [2.05, 4.69) is 0 Å². The fourth-order valence-electron chi connectivity index (χ4n) is 1.31. The SMILES string of the molecule is NCCOCCOCCCOc1cccc(F)c1. The minimum absolute atomic E-state index is 0.291. The minimum atomic E-state index is -0.291. The molecule has 0 heterocycles. The second kappa shape index (κ2) is 9.82. The second-order valence-electron chi connectivity index (χ2n) is 3.67. The average Bonchev–Trinajstić information content (AvgIpc) is 2.37. The molecule has 1 aromatic carbocycles. The van der Waals surface area contributed by atoms with Crippen molar-refractivity contribution in [2.24, 2.45) is 5.73 Å². The summed E-state index contributed by atoms with van der Waals surface area (Å²) in [6.07, 6.45) is 0.757. The van der Waals surface area contributed by atoms with Gasteiger partial charge < -0.3 is 19.9 Å². The normalized spacial score (nSPS) is 10.6. The summed E-state index contributed by atoms with van der Waals surface area (Å²) < 4.78 is 28.7. The van der Waals surface area contributed by atoms with Gasteiger partial charge in [0.15, 0.2) is 0 Å². The van der Waals surface area contributed by atoms with Gasteiger partial charge >= 0.3 is 0 Å². The van der Waals surface area contributed by atoms with Gasteiger partial charge in [0.2, 0.25) is 0 Å². The van der Waals surface area contributed by atoms with Crippen molar-refractivity contribution in [3.63, 3.8) is 0 Å². The molecule has 1 rings (SSSR count). The molecule has 18 heavy (non-hydrogen) atoms. The van der Waals surface area contributed by atoms with Crippen molar-refractivity contribution >= 4 is 0 Å². The van der Waals surface area contributed by atoms with Gasteiger partial charge in [-0.05, 0) is 12.1 Å². The van der Waals surface area contributed by atoms with E-state index in [1.807, 2.05) is 0 Å². The van der Waals surface area contributed by atoms with Gasteiger partial charge in [-0.1, -0.05) is 6.07 Å². The Morgan fingerprint density at radius 1 is 1.00 bits per heavy atom. The summed E-state index contributed by atoms with van der Waals surface area (Å²) in [6, 6.07) is 6.10. The molecule has 0 spiro atoms. The van der Waals surface area contributed by atoms with Gasteiger partial charge in [-0.25, -0.2) is 4.39 Å². The van der Waals surface area contributed by atoms with Gasteiger partial charge in [-0.3, -0.25) is 0 Å². The number of ether oxygens (including phenoxy) is 3. The van der Waals surface area contributed by atoms with Crippen LogP contribution in [-0.4, -0.2) is 39.6 Å². The fraction of sp³-hybridized carbons (Fsp3) is 0.538. The van der Waals surface area contributed by atoms with Crippen molar-refractivity contribution in [2.45, 2.75) is 6.42 Å². The number of hydrogen-bond acceptors (Lipinski definition) is 4. The van der Waals surface area contributed by atoms with Gasteiger partial charge in [0.25, 0.3) is 0 Å². The summed E-state index contributed by atoms with van der Waals surface area (Å²) in [6.45, 7) is 3.31. The van der Waals surface area contributed by atoms with E-state index >= 15 is 0 Å². The van der Waals surface area contributed by atoms with Crippen LogP contribution in [0.3, 0.4) is 0 Å². The van der Waals surface area contributed by atoms with Crippen molar-refractivity contribution in [3.05, 3.63) is 30.1 Å². The number of nitrogens with two attached hydrogens (primary N) is 1. The standard InChI is InChI=1S/C13H20FNO3/c14-12-3-1-4-13(11-12)18-7-2-6-16-9-10-17-8-5-15/h1,3-4,11H,2,5-10,15H2. The maximum atomic E-state index is 12.8. The predicted molar refractivity (Wildman–Crippen MR) is 67.2 cm³/mol. The van der Waals surface area contributed by atoms with Gasteiger partial charge in [0, 0.05) is 25.6 Å². The largest absolute Gasteiger partial charge is 0.493 e. The summed E-state index contributed by atoms with van der Waals surface area (Å²) in [5.74, 6) is 0.252. The van der Waals surface area contributed by atoms with E-state index in [0.29, 0.717) is 45.3 Å². The molecular weight excluding hydrogens is 237 g/mol. The number of benzene rings is 1. The lowest BCUT2D eigenvalue weighted by Crippen LogP contribution is -2.12. The summed E-state index contributed by atoms with van der Waals surface area (Å²) in [5.41, 5.74) is 5.27. The number of hydrogen-bond donors (Lipinski definition) is 1. The fourth-order valence-corrected chi connectivity index (χ4v) is 1.31. The minimum Gasteiger partial charge on any atom is -0.493 e. The van der Waals surface area contributed by atoms with Crippen LogP contribution >= 0.6 is 0 Å². The molecule has 0 bridgehead atoms. The quantitative estimate of drug-likeness (QED) is 0.647. The maximum Gasteiger partial charge on any atom is 0.126 e. The Kier molecular flexibility index (Phi) is 8.12. The van der Waals surface area contributed by atoms with Crippen LogP contribution in [0.4, 0.5) is 4.39 Å². The Bertz CT molecular complexity index is 323. The zero-order valence-electron chi connectivity index (χ0n) is 10.4. The number of rotatable bonds is 10. The molecule has 102 valence electrons. The first kappa shape index (κ1) is 14.9. The lowest BCUT2D eigenvalue weighted by Gasteiger charge is -2.07. The molecule has 2 N–H and O–H groups in total. The van der Waals surface area contributed by atoms with E-state index in [4.69, 9.17) is 19.9 Å². The molecule has 0 atom stereocenters. The van der Waals surface area contributed by atoms with Crippen LogP contribution in [-0.2, 0) is 9.47 Å². The average molecular weight is 257 g/mol. The Balaban J connectivity index is 1.92. The van der Waals surface area contributed by atoms with Crippen molar-refractivity contribution in [3.8, 4) is 5.75 Å². The highest BCUT2D eigenvalue weighted by Gasteiger charge is 1.96. The third-order valence-corrected chi connectivity index (χ3v) is 2.13. The van der Waals surface area contributed by atoms with Gasteiger partial charge in [0.05, 0.1) is 26.4 Å². The van der Waals surface area contributed by atoms with Crippen molar-refractivity contribution in [1.29, 1.82) is 0 Å². The van der Waals surface area contributed by atoms with Crippen LogP contribution in [0.1, 0.15) is 6.42 Å². The predicted octanol–water partition coefficient (Wildman–Crippen LogP) is 1.59. The first-order chi connectivity index (χ1) is 8.83.